The number of carbonyl (C=O) groups excluding carboxylic acids is 1. The molecular weight excluding hydrogens is 388 g/mol. The average molecular weight is 403 g/mol. The maximum atomic E-state index is 12.1. The van der Waals surface area contributed by atoms with Gasteiger partial charge in [0.15, 0.2) is 0 Å². The van der Waals surface area contributed by atoms with E-state index in [-0.39, 0.29) is 12.5 Å². The maximum absolute atomic E-state index is 12.1. The van der Waals surface area contributed by atoms with Crippen molar-refractivity contribution in [3.63, 3.8) is 0 Å². The Morgan fingerprint density at radius 2 is 2.04 bits per heavy atom. The second-order valence-corrected chi connectivity index (χ2v) is 6.10. The fraction of sp³-hybridized carbons (Fsp3) is 0.111. The van der Waals surface area contributed by atoms with Crippen LogP contribution >= 0.6 is 15.9 Å². The number of rotatable bonds is 6. The zero-order valence-electron chi connectivity index (χ0n) is 13.1. The monoisotopic (exact) mass is 402 g/mol. The SMILES string of the molecule is O=C(NCC(O)c1ccco1)c1ccc(Oc2ccc(Br)cc2)nc1. The van der Waals surface area contributed by atoms with Crippen LogP contribution in [0, 0.1) is 0 Å². The lowest BCUT2D eigenvalue weighted by atomic mass is 10.2. The van der Waals surface area contributed by atoms with Crippen molar-refractivity contribution in [2.24, 2.45) is 0 Å². The summed E-state index contributed by atoms with van der Waals surface area (Å²) in [5.74, 6) is 1.09. The number of ether oxygens (including phenoxy) is 1. The molecule has 2 aromatic heterocycles. The van der Waals surface area contributed by atoms with E-state index >= 15 is 0 Å². The molecule has 0 aliphatic carbocycles. The van der Waals surface area contributed by atoms with Gasteiger partial charge in [0.1, 0.15) is 17.6 Å². The van der Waals surface area contributed by atoms with Crippen molar-refractivity contribution in [3.05, 3.63) is 76.8 Å². The highest BCUT2D eigenvalue weighted by Crippen LogP contribution is 2.21. The molecule has 1 amide bonds. The number of hydrogen-bond donors (Lipinski definition) is 2. The lowest BCUT2D eigenvalue weighted by molar-refractivity contribution is 0.0900. The molecule has 0 spiro atoms. The van der Waals surface area contributed by atoms with Crippen LogP contribution in [0.5, 0.6) is 11.6 Å². The number of furan rings is 1. The van der Waals surface area contributed by atoms with E-state index in [1.807, 2.05) is 24.3 Å². The lowest BCUT2D eigenvalue weighted by Crippen LogP contribution is -2.28. The molecule has 7 heteroatoms. The van der Waals surface area contributed by atoms with E-state index in [2.05, 4.69) is 26.2 Å². The van der Waals surface area contributed by atoms with Gasteiger partial charge in [-0.25, -0.2) is 4.98 Å². The van der Waals surface area contributed by atoms with Crippen molar-refractivity contribution in [1.82, 2.24) is 10.3 Å². The molecule has 6 nitrogen and oxygen atoms in total. The van der Waals surface area contributed by atoms with Gasteiger partial charge in [-0.15, -0.1) is 0 Å². The highest BCUT2D eigenvalue weighted by Gasteiger charge is 2.13. The fourth-order valence-electron chi connectivity index (χ4n) is 2.07. The molecule has 2 heterocycles. The molecule has 0 radical (unpaired) electrons. The number of nitrogens with one attached hydrogen (secondary N) is 1. The zero-order chi connectivity index (χ0) is 17.6. The van der Waals surface area contributed by atoms with E-state index in [1.165, 1.54) is 12.5 Å². The van der Waals surface area contributed by atoms with Gasteiger partial charge >= 0.3 is 0 Å². The van der Waals surface area contributed by atoms with Gasteiger partial charge in [-0.1, -0.05) is 15.9 Å². The molecule has 1 unspecified atom stereocenters. The van der Waals surface area contributed by atoms with Gasteiger partial charge in [0.05, 0.1) is 18.4 Å². The summed E-state index contributed by atoms with van der Waals surface area (Å²) in [6, 6.07) is 13.9. The zero-order valence-corrected chi connectivity index (χ0v) is 14.6. The number of benzene rings is 1. The molecule has 0 aliphatic rings. The first-order valence-electron chi connectivity index (χ1n) is 7.51. The molecule has 1 aromatic carbocycles. The maximum Gasteiger partial charge on any atom is 0.252 e. The third kappa shape index (κ3) is 4.68. The highest BCUT2D eigenvalue weighted by molar-refractivity contribution is 9.10. The Hall–Kier alpha value is -2.64. The minimum atomic E-state index is -0.896. The molecule has 25 heavy (non-hydrogen) atoms. The normalized spacial score (nSPS) is 11.8. The molecule has 0 saturated heterocycles. The number of pyridine rings is 1. The first-order valence-corrected chi connectivity index (χ1v) is 8.30. The van der Waals surface area contributed by atoms with Gasteiger partial charge < -0.3 is 19.6 Å². The average Bonchev–Trinajstić information content (AvgIpc) is 3.17. The lowest BCUT2D eigenvalue weighted by Gasteiger charge is -2.10. The van der Waals surface area contributed by atoms with E-state index in [4.69, 9.17) is 9.15 Å². The van der Waals surface area contributed by atoms with E-state index in [1.54, 1.807) is 24.3 Å². The standard InChI is InChI=1S/C18H15BrN2O4/c19-13-4-6-14(7-5-13)25-17-8-3-12(10-20-17)18(23)21-11-15(22)16-2-1-9-24-16/h1-10,15,22H,11H2,(H,21,23). The molecule has 3 rings (SSSR count). The quantitative estimate of drug-likeness (QED) is 0.656. The van der Waals surface area contributed by atoms with E-state index in [0.717, 1.165) is 4.47 Å². The summed E-state index contributed by atoms with van der Waals surface area (Å²) in [4.78, 5) is 16.2. The number of hydrogen-bond acceptors (Lipinski definition) is 5. The molecule has 0 fully saturated rings. The van der Waals surface area contributed by atoms with Crippen LogP contribution in [0.3, 0.4) is 0 Å². The first-order chi connectivity index (χ1) is 12.1. The summed E-state index contributed by atoms with van der Waals surface area (Å²) in [6.45, 7) is 0.0451. The summed E-state index contributed by atoms with van der Waals surface area (Å²) in [5, 5.41) is 12.5. The topological polar surface area (TPSA) is 84.6 Å². The van der Waals surface area contributed by atoms with Gasteiger partial charge in [-0.05, 0) is 42.5 Å². The number of aliphatic hydroxyl groups excluding tert-OH is 1. The summed E-state index contributed by atoms with van der Waals surface area (Å²) in [6.07, 6.45) is 1.99. The number of nitrogens with zero attached hydrogens (tertiary/aromatic N) is 1. The van der Waals surface area contributed by atoms with Crippen molar-refractivity contribution in [2.45, 2.75) is 6.10 Å². The summed E-state index contributed by atoms with van der Waals surface area (Å²) in [7, 11) is 0. The van der Waals surface area contributed by atoms with Crippen molar-refractivity contribution < 1.29 is 19.1 Å². The number of amides is 1. The van der Waals surface area contributed by atoms with E-state index in [9.17, 15) is 9.90 Å². The van der Waals surface area contributed by atoms with Gasteiger partial charge in [0.25, 0.3) is 5.91 Å². The minimum absolute atomic E-state index is 0.0451. The molecule has 1 atom stereocenters. The van der Waals surface area contributed by atoms with Gasteiger partial charge in [-0.2, -0.15) is 0 Å². The second kappa shape index (κ2) is 7.96. The summed E-state index contributed by atoms with van der Waals surface area (Å²) >= 11 is 3.35. The molecule has 3 aromatic rings. The Morgan fingerprint density at radius 3 is 2.68 bits per heavy atom. The van der Waals surface area contributed by atoms with Crippen LogP contribution in [0.15, 0.2) is 69.9 Å². The molecule has 128 valence electrons. The summed E-state index contributed by atoms with van der Waals surface area (Å²) < 4.78 is 11.6. The van der Waals surface area contributed by atoms with Crippen molar-refractivity contribution in [3.8, 4) is 11.6 Å². The molecule has 2 N–H and O–H groups in total. The van der Waals surface area contributed by atoms with Crippen LogP contribution in [0.25, 0.3) is 0 Å². The van der Waals surface area contributed by atoms with Crippen LogP contribution in [0.1, 0.15) is 22.2 Å². The largest absolute Gasteiger partial charge is 0.467 e. The minimum Gasteiger partial charge on any atom is -0.467 e. The van der Waals surface area contributed by atoms with Crippen molar-refractivity contribution >= 4 is 21.8 Å². The number of carbonyl (C=O) groups is 1. The van der Waals surface area contributed by atoms with Crippen LogP contribution in [-0.2, 0) is 0 Å². The smallest absolute Gasteiger partial charge is 0.252 e. The van der Waals surface area contributed by atoms with Crippen LogP contribution in [0.4, 0.5) is 0 Å². The van der Waals surface area contributed by atoms with Crippen LogP contribution < -0.4 is 10.1 Å². The first kappa shape index (κ1) is 17.2. The number of halogens is 1. The van der Waals surface area contributed by atoms with E-state index < -0.39 is 6.10 Å². The Kier molecular flexibility index (Phi) is 5.47. The van der Waals surface area contributed by atoms with Gasteiger partial charge in [0.2, 0.25) is 5.88 Å². The molecular formula is C18H15BrN2O4. The fourth-order valence-corrected chi connectivity index (χ4v) is 2.34. The van der Waals surface area contributed by atoms with Crippen LogP contribution in [0.2, 0.25) is 0 Å². The van der Waals surface area contributed by atoms with Gasteiger partial charge in [0, 0.05) is 16.7 Å². The van der Waals surface area contributed by atoms with E-state index in [0.29, 0.717) is 23.0 Å². The predicted molar refractivity (Wildman–Crippen MR) is 94.5 cm³/mol. The van der Waals surface area contributed by atoms with Crippen molar-refractivity contribution in [1.29, 1.82) is 0 Å². The third-order valence-electron chi connectivity index (χ3n) is 3.36. The Balaban J connectivity index is 1.56. The second-order valence-electron chi connectivity index (χ2n) is 5.18. The Labute approximate surface area is 152 Å². The Bertz CT molecular complexity index is 817. The molecule has 0 saturated carbocycles. The van der Waals surface area contributed by atoms with Crippen molar-refractivity contribution in [2.75, 3.05) is 6.54 Å². The Morgan fingerprint density at radius 1 is 1.24 bits per heavy atom. The number of aliphatic hydroxyl groups is 1. The molecule has 0 bridgehead atoms. The predicted octanol–water partition coefficient (Wildman–Crippen LogP) is 3.69. The van der Waals surface area contributed by atoms with Crippen LogP contribution in [-0.4, -0.2) is 22.5 Å². The third-order valence-corrected chi connectivity index (χ3v) is 3.89. The highest BCUT2D eigenvalue weighted by atomic mass is 79.9. The summed E-state index contributed by atoms with van der Waals surface area (Å²) in [5.41, 5.74) is 0.370. The van der Waals surface area contributed by atoms with Gasteiger partial charge in [-0.3, -0.25) is 4.79 Å². The number of aromatic nitrogens is 1. The molecule has 0 aliphatic heterocycles.